The van der Waals surface area contributed by atoms with Gasteiger partial charge in [-0.3, -0.25) is 4.79 Å². The van der Waals surface area contributed by atoms with Crippen molar-refractivity contribution in [3.63, 3.8) is 0 Å². The van der Waals surface area contributed by atoms with Crippen LogP contribution in [0.15, 0.2) is 48.5 Å². The molecule has 1 amide bonds. The van der Waals surface area contributed by atoms with Gasteiger partial charge >= 0.3 is 5.97 Å². The predicted octanol–water partition coefficient (Wildman–Crippen LogP) is 4.79. The molecule has 0 radical (unpaired) electrons. The molecule has 3 atom stereocenters. The summed E-state index contributed by atoms with van der Waals surface area (Å²) in [6.45, 7) is 1.74. The molecule has 0 bridgehead atoms. The molecule has 0 N–H and O–H groups in total. The fourth-order valence-corrected chi connectivity index (χ4v) is 5.35. The number of esters is 1. The molecule has 2 aromatic rings. The van der Waals surface area contributed by atoms with Gasteiger partial charge < -0.3 is 9.64 Å². The number of amides is 1. The average molecular weight is 389 g/mol. The summed E-state index contributed by atoms with van der Waals surface area (Å²) in [7, 11) is 0. The van der Waals surface area contributed by atoms with E-state index in [1.54, 1.807) is 12.1 Å². The van der Waals surface area contributed by atoms with Gasteiger partial charge in [-0.05, 0) is 54.0 Å². The van der Waals surface area contributed by atoms with Crippen molar-refractivity contribution in [2.75, 3.05) is 13.1 Å². The Labute approximate surface area is 171 Å². The van der Waals surface area contributed by atoms with Gasteiger partial charge in [0.15, 0.2) is 0 Å². The van der Waals surface area contributed by atoms with Crippen LogP contribution >= 0.6 is 0 Å². The Morgan fingerprint density at radius 1 is 0.966 bits per heavy atom. The van der Waals surface area contributed by atoms with Crippen LogP contribution in [-0.2, 0) is 11.2 Å². The summed E-state index contributed by atoms with van der Waals surface area (Å²) in [5.41, 5.74) is 3.18. The van der Waals surface area contributed by atoms with Crippen LogP contribution in [0.3, 0.4) is 0 Å². The maximum Gasteiger partial charge on any atom is 0.339 e. The first-order valence-corrected chi connectivity index (χ1v) is 10.9. The molecule has 2 aromatic carbocycles. The van der Waals surface area contributed by atoms with Crippen LogP contribution in [0.5, 0.6) is 0 Å². The van der Waals surface area contributed by atoms with Crippen LogP contribution in [0.2, 0.25) is 0 Å². The topological polar surface area (TPSA) is 46.6 Å². The highest BCUT2D eigenvalue weighted by molar-refractivity contribution is 5.97. The predicted molar refractivity (Wildman–Crippen MR) is 111 cm³/mol. The van der Waals surface area contributed by atoms with Crippen LogP contribution in [0.1, 0.15) is 70.1 Å². The second-order valence-electron chi connectivity index (χ2n) is 8.73. The van der Waals surface area contributed by atoms with Gasteiger partial charge in [0.25, 0.3) is 5.91 Å². The first-order valence-electron chi connectivity index (χ1n) is 10.9. The van der Waals surface area contributed by atoms with Gasteiger partial charge in [0, 0.05) is 25.1 Å². The summed E-state index contributed by atoms with van der Waals surface area (Å²) >= 11 is 0. The Bertz CT molecular complexity index is 923. The first kappa shape index (κ1) is 18.4. The summed E-state index contributed by atoms with van der Waals surface area (Å²) in [4.78, 5) is 27.7. The fraction of sp³-hybridized carbons (Fsp3) is 0.440. The van der Waals surface area contributed by atoms with Gasteiger partial charge in [-0.25, -0.2) is 4.79 Å². The lowest BCUT2D eigenvalue weighted by atomic mass is 9.75. The number of hydrogen-bond acceptors (Lipinski definition) is 3. The zero-order chi connectivity index (χ0) is 19.8. The standard InChI is InChI=1S/C25H27NO3/c27-24(26-13-12-17-6-4-5-9-20(17)16-26)19-10-11-22-21(14-19)15-23(29-25(22)28)18-7-2-1-3-8-18/h1-3,7-8,10-11,14,17,20,23H,4-6,9,12-13,15-16H2. The normalized spacial score (nSPS) is 26.3. The number of likely N-dealkylation sites (tertiary alicyclic amines) is 1. The molecule has 3 unspecified atom stereocenters. The highest BCUT2D eigenvalue weighted by Crippen LogP contribution is 2.37. The Kier molecular flexibility index (Phi) is 4.86. The Balaban J connectivity index is 1.36. The molecule has 2 heterocycles. The van der Waals surface area contributed by atoms with E-state index in [1.165, 1.54) is 25.7 Å². The van der Waals surface area contributed by atoms with Crippen molar-refractivity contribution in [3.8, 4) is 0 Å². The third-order valence-corrected chi connectivity index (χ3v) is 6.98. The zero-order valence-electron chi connectivity index (χ0n) is 16.7. The number of carbonyl (C=O) groups excluding carboxylic acids is 2. The molecule has 1 saturated carbocycles. The summed E-state index contributed by atoms with van der Waals surface area (Å²) < 4.78 is 5.64. The Morgan fingerprint density at radius 2 is 1.76 bits per heavy atom. The number of hydrogen-bond donors (Lipinski definition) is 0. The van der Waals surface area contributed by atoms with Crippen molar-refractivity contribution in [2.24, 2.45) is 11.8 Å². The van der Waals surface area contributed by atoms with E-state index >= 15 is 0 Å². The van der Waals surface area contributed by atoms with Crippen molar-refractivity contribution in [1.82, 2.24) is 4.90 Å². The molecular weight excluding hydrogens is 362 g/mol. The highest BCUT2D eigenvalue weighted by atomic mass is 16.5. The molecule has 0 spiro atoms. The number of ether oxygens (including phenoxy) is 1. The minimum Gasteiger partial charge on any atom is -0.454 e. The molecule has 1 aliphatic carbocycles. The van der Waals surface area contributed by atoms with E-state index in [0.717, 1.165) is 36.6 Å². The highest BCUT2D eigenvalue weighted by Gasteiger charge is 2.34. The molecular formula is C25H27NO3. The fourth-order valence-electron chi connectivity index (χ4n) is 5.35. The molecule has 1 saturated heterocycles. The zero-order valence-corrected chi connectivity index (χ0v) is 16.7. The lowest BCUT2D eigenvalue weighted by Gasteiger charge is -2.41. The van der Waals surface area contributed by atoms with Crippen molar-refractivity contribution in [1.29, 1.82) is 0 Å². The number of benzene rings is 2. The molecule has 0 aromatic heterocycles. The molecule has 4 heteroatoms. The summed E-state index contributed by atoms with van der Waals surface area (Å²) in [6, 6.07) is 15.3. The van der Waals surface area contributed by atoms with Gasteiger partial charge in [-0.1, -0.05) is 49.6 Å². The minimum atomic E-state index is -0.304. The molecule has 3 aliphatic rings. The van der Waals surface area contributed by atoms with Gasteiger partial charge in [0.05, 0.1) is 5.56 Å². The van der Waals surface area contributed by atoms with E-state index in [0.29, 0.717) is 23.5 Å². The summed E-state index contributed by atoms with van der Waals surface area (Å²) in [6.07, 6.45) is 6.67. The number of cyclic esters (lactones) is 1. The van der Waals surface area contributed by atoms with Crippen molar-refractivity contribution in [3.05, 3.63) is 70.8 Å². The third-order valence-electron chi connectivity index (χ3n) is 6.98. The van der Waals surface area contributed by atoms with Crippen molar-refractivity contribution >= 4 is 11.9 Å². The number of fused-ring (bicyclic) bond motifs is 2. The van der Waals surface area contributed by atoms with Gasteiger partial charge in [0.1, 0.15) is 6.10 Å². The molecule has 5 rings (SSSR count). The first-order chi connectivity index (χ1) is 14.2. The molecule has 29 heavy (non-hydrogen) atoms. The van der Waals surface area contributed by atoms with E-state index in [-0.39, 0.29) is 18.0 Å². The maximum atomic E-state index is 13.2. The SMILES string of the molecule is O=C1OC(c2ccccc2)Cc2cc(C(=O)N3CCC4CCCCC4C3)ccc21. The number of nitrogens with zero attached hydrogens (tertiary/aromatic N) is 1. The monoisotopic (exact) mass is 389 g/mol. The summed E-state index contributed by atoms with van der Waals surface area (Å²) in [5, 5.41) is 0. The molecule has 4 nitrogen and oxygen atoms in total. The molecule has 2 aliphatic heterocycles. The average Bonchev–Trinajstić information content (AvgIpc) is 2.78. The van der Waals surface area contributed by atoms with E-state index < -0.39 is 0 Å². The van der Waals surface area contributed by atoms with Crippen LogP contribution in [-0.4, -0.2) is 29.9 Å². The van der Waals surface area contributed by atoms with Crippen LogP contribution in [0.25, 0.3) is 0 Å². The van der Waals surface area contributed by atoms with Gasteiger partial charge in [-0.15, -0.1) is 0 Å². The van der Waals surface area contributed by atoms with E-state index in [1.807, 2.05) is 41.3 Å². The van der Waals surface area contributed by atoms with Gasteiger partial charge in [0.2, 0.25) is 0 Å². The second-order valence-corrected chi connectivity index (χ2v) is 8.73. The number of carbonyl (C=O) groups is 2. The molecule has 2 fully saturated rings. The smallest absolute Gasteiger partial charge is 0.339 e. The largest absolute Gasteiger partial charge is 0.454 e. The third kappa shape index (κ3) is 3.57. The van der Waals surface area contributed by atoms with Gasteiger partial charge in [-0.2, -0.15) is 0 Å². The maximum absolute atomic E-state index is 13.2. The lowest BCUT2D eigenvalue weighted by Crippen LogP contribution is -2.44. The number of piperidine rings is 1. The quantitative estimate of drug-likeness (QED) is 0.694. The lowest BCUT2D eigenvalue weighted by molar-refractivity contribution is 0.0251. The summed E-state index contributed by atoms with van der Waals surface area (Å²) in [5.74, 6) is 1.27. The van der Waals surface area contributed by atoms with Crippen molar-refractivity contribution in [2.45, 2.75) is 44.6 Å². The van der Waals surface area contributed by atoms with Crippen molar-refractivity contribution < 1.29 is 14.3 Å². The van der Waals surface area contributed by atoms with E-state index in [2.05, 4.69) is 0 Å². The van der Waals surface area contributed by atoms with Crippen LogP contribution in [0.4, 0.5) is 0 Å². The van der Waals surface area contributed by atoms with E-state index in [4.69, 9.17) is 4.74 Å². The van der Waals surface area contributed by atoms with Crippen LogP contribution in [0, 0.1) is 11.8 Å². The Morgan fingerprint density at radius 3 is 2.59 bits per heavy atom. The Hall–Kier alpha value is -2.62. The molecule has 150 valence electrons. The van der Waals surface area contributed by atoms with Crippen LogP contribution < -0.4 is 0 Å². The number of rotatable bonds is 2. The minimum absolute atomic E-state index is 0.104. The second kappa shape index (κ2) is 7.66. The van der Waals surface area contributed by atoms with E-state index in [9.17, 15) is 9.59 Å².